The molecule has 0 radical (unpaired) electrons. The van der Waals surface area contributed by atoms with Crippen LogP contribution in [0, 0.1) is 0 Å². The molecular formula is C16H27N3O4. The second-order valence-electron chi connectivity index (χ2n) is 6.47. The maximum absolute atomic E-state index is 12.5. The van der Waals surface area contributed by atoms with E-state index in [0.717, 1.165) is 0 Å². The van der Waals surface area contributed by atoms with Gasteiger partial charge >= 0.3 is 12.1 Å². The van der Waals surface area contributed by atoms with Gasteiger partial charge in [-0.15, -0.1) is 0 Å². The number of rotatable bonds is 6. The molecule has 1 aromatic heterocycles. The molecule has 0 aliphatic heterocycles. The smallest absolute Gasteiger partial charge is 0.411 e. The van der Waals surface area contributed by atoms with Crippen molar-refractivity contribution in [2.75, 3.05) is 6.54 Å². The molecule has 1 N–H and O–H groups in total. The fourth-order valence-corrected chi connectivity index (χ4v) is 2.38. The van der Waals surface area contributed by atoms with E-state index in [9.17, 15) is 14.7 Å². The Kier molecular flexibility index (Phi) is 6.18. The molecule has 1 aromatic rings. The van der Waals surface area contributed by atoms with E-state index < -0.39 is 23.7 Å². The van der Waals surface area contributed by atoms with Gasteiger partial charge in [-0.25, -0.2) is 9.59 Å². The van der Waals surface area contributed by atoms with E-state index >= 15 is 0 Å². The van der Waals surface area contributed by atoms with Crippen LogP contribution >= 0.6 is 0 Å². The first-order valence-corrected chi connectivity index (χ1v) is 7.85. The number of aryl methyl sites for hydroxylation is 2. The van der Waals surface area contributed by atoms with Crippen LogP contribution in [0.25, 0.3) is 0 Å². The minimum Gasteiger partial charge on any atom is -0.479 e. The molecule has 7 nitrogen and oxygen atoms in total. The summed E-state index contributed by atoms with van der Waals surface area (Å²) in [5.74, 6) is -1.09. The zero-order valence-corrected chi connectivity index (χ0v) is 14.8. The number of aromatic nitrogens is 2. The predicted molar refractivity (Wildman–Crippen MR) is 86.2 cm³/mol. The lowest BCUT2D eigenvalue weighted by atomic mass is 10.0. The van der Waals surface area contributed by atoms with Gasteiger partial charge in [-0.2, -0.15) is 5.10 Å². The van der Waals surface area contributed by atoms with Gasteiger partial charge < -0.3 is 9.84 Å². The summed E-state index contributed by atoms with van der Waals surface area (Å²) in [5, 5.41) is 14.0. The highest BCUT2D eigenvalue weighted by molar-refractivity contribution is 5.81. The van der Waals surface area contributed by atoms with Gasteiger partial charge in [0.1, 0.15) is 5.60 Å². The lowest BCUT2D eigenvalue weighted by molar-refractivity contribution is -0.143. The van der Waals surface area contributed by atoms with Crippen LogP contribution in [0.2, 0.25) is 0 Å². The predicted octanol–water partition coefficient (Wildman–Crippen LogP) is 2.76. The first-order valence-electron chi connectivity index (χ1n) is 7.85. The van der Waals surface area contributed by atoms with E-state index in [1.165, 1.54) is 4.90 Å². The molecule has 1 heterocycles. The minimum atomic E-state index is -1.10. The molecule has 23 heavy (non-hydrogen) atoms. The molecule has 0 spiro atoms. The normalized spacial score (nSPS) is 12.8. The lowest BCUT2D eigenvalue weighted by Gasteiger charge is -2.31. The number of carboxylic acid groups (broad SMARTS) is 1. The quantitative estimate of drug-likeness (QED) is 0.869. The molecule has 0 aliphatic carbocycles. The van der Waals surface area contributed by atoms with E-state index in [0.29, 0.717) is 30.6 Å². The molecule has 130 valence electrons. The molecule has 1 atom stereocenters. The van der Waals surface area contributed by atoms with E-state index in [1.54, 1.807) is 38.7 Å². The topological polar surface area (TPSA) is 84.7 Å². The van der Waals surface area contributed by atoms with Gasteiger partial charge in [0, 0.05) is 25.4 Å². The van der Waals surface area contributed by atoms with Gasteiger partial charge in [0.15, 0.2) is 6.04 Å². The first-order chi connectivity index (χ1) is 10.6. The first kappa shape index (κ1) is 19.0. The van der Waals surface area contributed by atoms with Crippen LogP contribution in [0.5, 0.6) is 0 Å². The maximum Gasteiger partial charge on any atom is 0.411 e. The molecule has 1 amide bonds. The molecule has 0 aromatic carbocycles. The summed E-state index contributed by atoms with van der Waals surface area (Å²) < 4.78 is 6.95. The van der Waals surface area contributed by atoms with Crippen LogP contribution in [0.4, 0.5) is 4.79 Å². The van der Waals surface area contributed by atoms with Crippen molar-refractivity contribution < 1.29 is 19.4 Å². The monoisotopic (exact) mass is 325 g/mol. The zero-order valence-electron chi connectivity index (χ0n) is 14.8. The Balaban J connectivity index is 3.26. The highest BCUT2D eigenvalue weighted by Crippen LogP contribution is 2.26. The number of carboxylic acids is 1. The van der Waals surface area contributed by atoms with Crippen molar-refractivity contribution in [3.63, 3.8) is 0 Å². The molecular weight excluding hydrogens is 298 g/mol. The Hall–Kier alpha value is -2.05. The van der Waals surface area contributed by atoms with Crippen molar-refractivity contribution in [1.82, 2.24) is 14.7 Å². The van der Waals surface area contributed by atoms with Crippen molar-refractivity contribution in [3.8, 4) is 0 Å². The Morgan fingerprint density at radius 1 is 1.39 bits per heavy atom. The molecule has 1 rings (SSSR count). The van der Waals surface area contributed by atoms with E-state index in [-0.39, 0.29) is 0 Å². The fraction of sp³-hybridized carbons (Fsp3) is 0.688. The van der Waals surface area contributed by atoms with Gasteiger partial charge in [0.25, 0.3) is 0 Å². The van der Waals surface area contributed by atoms with Crippen molar-refractivity contribution in [3.05, 3.63) is 17.5 Å². The van der Waals surface area contributed by atoms with Crippen LogP contribution in [0.3, 0.4) is 0 Å². The number of hydrogen-bond donors (Lipinski definition) is 1. The molecule has 0 fully saturated rings. The number of aliphatic carboxylic acids is 1. The lowest BCUT2D eigenvalue weighted by Crippen LogP contribution is -2.42. The van der Waals surface area contributed by atoms with Crippen LogP contribution in [0.15, 0.2) is 6.20 Å². The number of hydrogen-bond acceptors (Lipinski definition) is 4. The summed E-state index contributed by atoms with van der Waals surface area (Å²) in [6.07, 6.45) is 2.25. The minimum absolute atomic E-state index is 0.296. The number of nitrogens with zero attached hydrogens (tertiary/aromatic N) is 3. The fourth-order valence-electron chi connectivity index (χ4n) is 2.38. The second-order valence-corrected chi connectivity index (χ2v) is 6.47. The highest BCUT2D eigenvalue weighted by atomic mass is 16.6. The summed E-state index contributed by atoms with van der Waals surface area (Å²) in [6, 6.07) is -1.10. The molecule has 0 saturated carbocycles. The third-order valence-electron chi connectivity index (χ3n) is 3.21. The van der Waals surface area contributed by atoms with E-state index in [4.69, 9.17) is 4.74 Å². The van der Waals surface area contributed by atoms with Gasteiger partial charge in [-0.3, -0.25) is 9.58 Å². The number of ether oxygens (including phenoxy) is 1. The van der Waals surface area contributed by atoms with Crippen LogP contribution < -0.4 is 0 Å². The summed E-state index contributed by atoms with van der Waals surface area (Å²) in [7, 11) is 1.74. The number of carbonyl (C=O) groups excluding carboxylic acids is 1. The van der Waals surface area contributed by atoms with Crippen molar-refractivity contribution in [2.24, 2.45) is 7.05 Å². The molecule has 1 unspecified atom stereocenters. The van der Waals surface area contributed by atoms with Crippen LogP contribution in [0.1, 0.15) is 58.3 Å². The Bertz CT molecular complexity index is 560. The van der Waals surface area contributed by atoms with E-state index in [1.807, 2.05) is 13.8 Å². The Morgan fingerprint density at radius 2 is 2.00 bits per heavy atom. The van der Waals surface area contributed by atoms with Gasteiger partial charge in [0.2, 0.25) is 0 Å². The van der Waals surface area contributed by atoms with E-state index in [2.05, 4.69) is 5.10 Å². The highest BCUT2D eigenvalue weighted by Gasteiger charge is 2.36. The summed E-state index contributed by atoms with van der Waals surface area (Å²) in [5.41, 5.74) is 0.514. The van der Waals surface area contributed by atoms with Crippen LogP contribution in [-0.4, -0.2) is 44.0 Å². The maximum atomic E-state index is 12.5. The molecule has 0 aliphatic rings. The summed E-state index contributed by atoms with van der Waals surface area (Å²) in [6.45, 7) is 9.36. The summed E-state index contributed by atoms with van der Waals surface area (Å²) in [4.78, 5) is 25.6. The largest absolute Gasteiger partial charge is 0.479 e. The number of amides is 1. The Labute approximate surface area is 137 Å². The van der Waals surface area contributed by atoms with Gasteiger partial charge in [0.05, 0.1) is 5.69 Å². The number of carbonyl (C=O) groups is 2. The second kappa shape index (κ2) is 7.48. The molecule has 7 heteroatoms. The van der Waals surface area contributed by atoms with Gasteiger partial charge in [-0.05, 0) is 33.6 Å². The van der Waals surface area contributed by atoms with Crippen molar-refractivity contribution >= 4 is 12.1 Å². The van der Waals surface area contributed by atoms with Crippen molar-refractivity contribution in [2.45, 2.75) is 59.1 Å². The van der Waals surface area contributed by atoms with Crippen LogP contribution in [-0.2, 0) is 23.0 Å². The van der Waals surface area contributed by atoms with Gasteiger partial charge in [-0.1, -0.05) is 13.8 Å². The average molecular weight is 325 g/mol. The SMILES string of the molecule is CCCN(C(=O)OC(C)(C)C)C(C(=O)O)c1cn(C)nc1CC. The summed E-state index contributed by atoms with van der Waals surface area (Å²) >= 11 is 0. The molecule has 0 bridgehead atoms. The average Bonchev–Trinajstić information content (AvgIpc) is 2.76. The zero-order chi connectivity index (χ0) is 17.8. The third kappa shape index (κ3) is 4.97. The standard InChI is InChI=1S/C16H27N3O4/c1-7-9-19(15(22)23-16(3,4)5)13(14(20)21)11-10-18(6)17-12(11)8-2/h10,13H,7-9H2,1-6H3,(H,20,21). The van der Waals surface area contributed by atoms with Crippen molar-refractivity contribution in [1.29, 1.82) is 0 Å². The third-order valence-corrected chi connectivity index (χ3v) is 3.21. The molecule has 0 saturated heterocycles. The Morgan fingerprint density at radius 3 is 2.43 bits per heavy atom.